The zero-order valence-electron chi connectivity index (χ0n) is 26.1. The zero-order valence-corrected chi connectivity index (χ0v) is 26.9. The molecule has 0 bridgehead atoms. The first kappa shape index (κ1) is 39.0. The Labute approximate surface area is 277 Å². The summed E-state index contributed by atoms with van der Waals surface area (Å²) in [4.78, 5) is 44.4. The molecule has 4 aliphatic rings. The summed E-state index contributed by atoms with van der Waals surface area (Å²) in [6.45, 7) is 3.68. The van der Waals surface area contributed by atoms with E-state index in [0.29, 0.717) is 97.5 Å². The number of aliphatic carboxylic acids is 4. The van der Waals surface area contributed by atoms with Crippen LogP contribution < -0.4 is 0 Å². The van der Waals surface area contributed by atoms with E-state index in [1.807, 2.05) is 0 Å². The van der Waals surface area contributed by atoms with Gasteiger partial charge in [-0.15, -0.1) is 0 Å². The normalized spacial score (nSPS) is 22.4. The number of ether oxygens (including phenoxy) is 8. The van der Waals surface area contributed by atoms with E-state index in [1.54, 1.807) is 0 Å². The SMILES string of the molecule is O=C(O)/C=C(/Cl)C(=O)O.O=C(O)CCCC(C(=O)O)(C(CCCC1OCCO1)C1OCCO1)C(CCCC1OCCO1)C1OCCO1. The maximum atomic E-state index is 13.5. The van der Waals surface area contributed by atoms with Crippen molar-refractivity contribution in [1.82, 2.24) is 0 Å². The fourth-order valence-electron chi connectivity index (χ4n) is 6.42. The minimum Gasteiger partial charge on any atom is -0.481 e. The second kappa shape index (κ2) is 20.2. The summed E-state index contributed by atoms with van der Waals surface area (Å²) in [6.07, 6.45) is 1.97. The third-order valence-corrected chi connectivity index (χ3v) is 8.67. The third-order valence-electron chi connectivity index (χ3n) is 8.40. The lowest BCUT2D eigenvalue weighted by molar-refractivity contribution is -0.207. The highest BCUT2D eigenvalue weighted by Gasteiger charge is 2.57. The van der Waals surface area contributed by atoms with Gasteiger partial charge in [0.2, 0.25) is 0 Å². The zero-order chi connectivity index (χ0) is 34.2. The lowest BCUT2D eigenvalue weighted by Gasteiger charge is -2.46. The third kappa shape index (κ3) is 12.2. The molecule has 4 rings (SSSR count). The van der Waals surface area contributed by atoms with Gasteiger partial charge < -0.3 is 58.3 Å². The monoisotopic (exact) mass is 696 g/mol. The van der Waals surface area contributed by atoms with Crippen molar-refractivity contribution in [3.8, 4) is 0 Å². The summed E-state index contributed by atoms with van der Waals surface area (Å²) < 4.78 is 46.1. The first-order valence-corrected chi connectivity index (χ1v) is 16.1. The highest BCUT2D eigenvalue weighted by Crippen LogP contribution is 2.51. The lowest BCUT2D eigenvalue weighted by atomic mass is 9.60. The van der Waals surface area contributed by atoms with E-state index in [0.717, 1.165) is 0 Å². The van der Waals surface area contributed by atoms with Crippen LogP contribution in [0.1, 0.15) is 57.8 Å². The molecule has 0 aromatic rings. The van der Waals surface area contributed by atoms with Gasteiger partial charge in [0.25, 0.3) is 0 Å². The van der Waals surface area contributed by atoms with Crippen LogP contribution in [0.3, 0.4) is 0 Å². The summed E-state index contributed by atoms with van der Waals surface area (Å²) >= 11 is 4.89. The molecule has 47 heavy (non-hydrogen) atoms. The maximum Gasteiger partial charge on any atom is 0.347 e. The Kier molecular flexibility index (Phi) is 16.8. The van der Waals surface area contributed by atoms with Gasteiger partial charge in [0.1, 0.15) is 5.03 Å². The minimum atomic E-state index is -1.45. The number of halogens is 1. The van der Waals surface area contributed by atoms with E-state index in [1.165, 1.54) is 0 Å². The van der Waals surface area contributed by atoms with Gasteiger partial charge in [0.05, 0.1) is 58.3 Å². The highest BCUT2D eigenvalue weighted by atomic mass is 35.5. The molecule has 268 valence electrons. The van der Waals surface area contributed by atoms with Crippen LogP contribution in [0, 0.1) is 17.3 Å². The van der Waals surface area contributed by atoms with Crippen LogP contribution in [0.25, 0.3) is 0 Å². The Balaban J connectivity index is 0.000000584. The fourth-order valence-corrected chi connectivity index (χ4v) is 6.51. The van der Waals surface area contributed by atoms with Gasteiger partial charge in [-0.3, -0.25) is 9.59 Å². The average Bonchev–Trinajstić information content (AvgIpc) is 3.85. The predicted octanol–water partition coefficient (Wildman–Crippen LogP) is 2.66. The van der Waals surface area contributed by atoms with E-state index in [9.17, 15) is 29.4 Å². The summed E-state index contributed by atoms with van der Waals surface area (Å²) in [7, 11) is 0. The van der Waals surface area contributed by atoms with E-state index >= 15 is 0 Å². The summed E-state index contributed by atoms with van der Waals surface area (Å²) in [5, 5.41) is 35.5. The molecule has 4 N–H and O–H groups in total. The minimum absolute atomic E-state index is 0.128. The van der Waals surface area contributed by atoms with Crippen molar-refractivity contribution in [3.05, 3.63) is 11.1 Å². The molecule has 0 aromatic carbocycles. The predicted molar refractivity (Wildman–Crippen MR) is 158 cm³/mol. The van der Waals surface area contributed by atoms with Gasteiger partial charge in [-0.05, 0) is 51.4 Å². The van der Waals surface area contributed by atoms with Crippen molar-refractivity contribution in [2.75, 3.05) is 52.9 Å². The molecule has 4 fully saturated rings. The Bertz CT molecular complexity index is 987. The summed E-state index contributed by atoms with van der Waals surface area (Å²) in [5.41, 5.74) is -1.41. The Morgan fingerprint density at radius 2 is 1.06 bits per heavy atom. The molecule has 17 heteroatoms. The number of carboxylic acids is 4. The molecule has 2 unspecified atom stereocenters. The molecule has 4 saturated heterocycles. The van der Waals surface area contributed by atoms with Crippen LogP contribution in [0.2, 0.25) is 0 Å². The first-order chi connectivity index (χ1) is 22.5. The largest absolute Gasteiger partial charge is 0.481 e. The number of carbonyl (C=O) groups is 4. The summed E-state index contributed by atoms with van der Waals surface area (Å²) in [6, 6.07) is 0. The smallest absolute Gasteiger partial charge is 0.347 e. The summed E-state index contributed by atoms with van der Waals surface area (Å²) in [5.74, 6) is -5.92. The standard InChI is InChI=1S/C26H42O12.C4H3ClO4/c27-20(28)6-3-9-26(25(29)30,18(23-35-14-15-36-23)4-1-7-21-31-10-11-32-21)19(24-37-16-17-38-24)5-2-8-22-33-12-13-34-22;5-2(4(8)9)1-3(6)7/h18-19,21-24H,1-17H2,(H,27,28)(H,29,30);1H,(H,6,7)(H,8,9)/b;2-1+. The topological polar surface area (TPSA) is 223 Å². The number of hydrogen-bond acceptors (Lipinski definition) is 12. The first-order valence-electron chi connectivity index (χ1n) is 15.8. The van der Waals surface area contributed by atoms with E-state index in [-0.39, 0.29) is 31.8 Å². The fraction of sp³-hybridized carbons (Fsp3) is 0.800. The van der Waals surface area contributed by atoms with Crippen LogP contribution in [-0.4, -0.2) is 122 Å². The average molecular weight is 697 g/mol. The van der Waals surface area contributed by atoms with Gasteiger partial charge >= 0.3 is 23.9 Å². The van der Waals surface area contributed by atoms with Crippen molar-refractivity contribution in [1.29, 1.82) is 0 Å². The lowest BCUT2D eigenvalue weighted by Crippen LogP contribution is -2.53. The van der Waals surface area contributed by atoms with Crippen molar-refractivity contribution in [2.45, 2.75) is 82.9 Å². The van der Waals surface area contributed by atoms with E-state index in [2.05, 4.69) is 0 Å². The van der Waals surface area contributed by atoms with Crippen LogP contribution in [-0.2, 0) is 57.1 Å². The number of rotatable bonds is 19. The van der Waals surface area contributed by atoms with Crippen molar-refractivity contribution < 1.29 is 77.5 Å². The molecule has 4 aliphatic heterocycles. The number of carboxylic acid groups (broad SMARTS) is 4. The van der Waals surface area contributed by atoms with Crippen molar-refractivity contribution in [2.24, 2.45) is 17.3 Å². The van der Waals surface area contributed by atoms with Crippen LogP contribution in [0.5, 0.6) is 0 Å². The van der Waals surface area contributed by atoms with Gasteiger partial charge in [0, 0.05) is 24.3 Å². The van der Waals surface area contributed by atoms with Crippen LogP contribution in [0.4, 0.5) is 0 Å². The van der Waals surface area contributed by atoms with Crippen LogP contribution in [0.15, 0.2) is 11.1 Å². The molecule has 0 radical (unpaired) electrons. The van der Waals surface area contributed by atoms with Gasteiger partial charge in [-0.25, -0.2) is 9.59 Å². The molecule has 0 aliphatic carbocycles. The van der Waals surface area contributed by atoms with Crippen LogP contribution >= 0.6 is 11.6 Å². The number of hydrogen-bond donors (Lipinski definition) is 4. The molecule has 16 nitrogen and oxygen atoms in total. The second-order valence-electron chi connectivity index (χ2n) is 11.4. The molecule has 2 atom stereocenters. The highest BCUT2D eigenvalue weighted by molar-refractivity contribution is 6.42. The molecule has 4 heterocycles. The van der Waals surface area contributed by atoms with Gasteiger partial charge in [-0.1, -0.05) is 11.6 Å². The van der Waals surface area contributed by atoms with E-state index in [4.69, 9.17) is 59.7 Å². The van der Waals surface area contributed by atoms with Crippen molar-refractivity contribution in [3.63, 3.8) is 0 Å². The Morgan fingerprint density at radius 3 is 1.38 bits per heavy atom. The quantitative estimate of drug-likeness (QED) is 0.142. The maximum absolute atomic E-state index is 13.5. The van der Waals surface area contributed by atoms with Crippen molar-refractivity contribution >= 4 is 35.5 Å². The van der Waals surface area contributed by atoms with E-state index < -0.39 is 58.7 Å². The Hall–Kier alpha value is -2.41. The van der Waals surface area contributed by atoms with Gasteiger partial charge in [0.15, 0.2) is 25.2 Å². The van der Waals surface area contributed by atoms with Gasteiger partial charge in [-0.2, -0.15) is 0 Å². The Morgan fingerprint density at radius 1 is 0.660 bits per heavy atom. The molecule has 0 saturated carbocycles. The molecular weight excluding hydrogens is 652 g/mol. The molecule has 0 aromatic heterocycles. The molecule has 0 spiro atoms. The molecule has 0 amide bonds. The molecular formula is C30H45ClO16. The second-order valence-corrected chi connectivity index (χ2v) is 11.8.